The van der Waals surface area contributed by atoms with E-state index in [-0.39, 0.29) is 18.3 Å². The number of amides is 2. The molecule has 0 radical (unpaired) electrons. The monoisotopic (exact) mass is 424 g/mol. The first-order chi connectivity index (χ1) is 15.2. The molecule has 0 atom stereocenters. The van der Waals surface area contributed by atoms with E-state index >= 15 is 0 Å². The second-order valence-electron chi connectivity index (χ2n) is 6.91. The molecule has 0 saturated carbocycles. The molecule has 162 valence electrons. The van der Waals surface area contributed by atoms with E-state index in [1.54, 1.807) is 21.8 Å². The number of morpholine rings is 1. The summed E-state index contributed by atoms with van der Waals surface area (Å²) in [4.78, 5) is 27.5. The first-order valence-corrected chi connectivity index (χ1v) is 10.1. The number of carbonyl (C=O) groups is 2. The number of ether oxygens (including phenoxy) is 2. The molecule has 10 heteroatoms. The van der Waals surface area contributed by atoms with Crippen LogP contribution in [0.25, 0.3) is 0 Å². The minimum absolute atomic E-state index is 0.172. The number of benzene rings is 1. The van der Waals surface area contributed by atoms with Crippen molar-refractivity contribution in [2.75, 3.05) is 31.6 Å². The maximum Gasteiger partial charge on any atom is 0.276 e. The fraction of sp³-hybridized carbons (Fsp3) is 0.333. The van der Waals surface area contributed by atoms with E-state index in [1.807, 2.05) is 37.3 Å². The van der Waals surface area contributed by atoms with Crippen molar-refractivity contribution in [2.24, 2.45) is 0 Å². The second kappa shape index (κ2) is 9.43. The molecular weight excluding hydrogens is 400 g/mol. The van der Waals surface area contributed by atoms with Crippen molar-refractivity contribution in [1.29, 1.82) is 0 Å². The van der Waals surface area contributed by atoms with Gasteiger partial charge in [0, 0.05) is 25.8 Å². The number of para-hydroxylation sites is 1. The Kier molecular flexibility index (Phi) is 6.27. The predicted molar refractivity (Wildman–Crippen MR) is 112 cm³/mol. The highest BCUT2D eigenvalue weighted by Crippen LogP contribution is 2.19. The Labute approximate surface area is 179 Å². The van der Waals surface area contributed by atoms with Crippen LogP contribution in [0.15, 0.2) is 48.8 Å². The highest BCUT2D eigenvalue weighted by atomic mass is 16.5. The van der Waals surface area contributed by atoms with Gasteiger partial charge in [0.2, 0.25) is 0 Å². The fourth-order valence-electron chi connectivity index (χ4n) is 3.26. The van der Waals surface area contributed by atoms with Gasteiger partial charge in [0.15, 0.2) is 12.4 Å². The topological polar surface area (TPSA) is 104 Å². The summed E-state index contributed by atoms with van der Waals surface area (Å²) in [5.74, 6) is 0.104. The molecule has 0 spiro atoms. The van der Waals surface area contributed by atoms with Crippen molar-refractivity contribution in [2.45, 2.75) is 20.2 Å². The van der Waals surface area contributed by atoms with Crippen molar-refractivity contribution in [3.8, 4) is 5.75 Å². The van der Waals surface area contributed by atoms with Crippen LogP contribution >= 0.6 is 0 Å². The summed E-state index contributed by atoms with van der Waals surface area (Å²) in [5, 5.41) is 11.3. The third kappa shape index (κ3) is 4.75. The maximum absolute atomic E-state index is 13.0. The molecule has 1 N–H and O–H groups in total. The summed E-state index contributed by atoms with van der Waals surface area (Å²) < 4.78 is 14.1. The van der Waals surface area contributed by atoms with Gasteiger partial charge >= 0.3 is 0 Å². The third-order valence-electron chi connectivity index (χ3n) is 4.87. The summed E-state index contributed by atoms with van der Waals surface area (Å²) >= 11 is 0. The van der Waals surface area contributed by atoms with Crippen molar-refractivity contribution < 1.29 is 19.1 Å². The quantitative estimate of drug-likeness (QED) is 0.621. The molecule has 0 unspecified atom stereocenters. The molecule has 2 aromatic heterocycles. The van der Waals surface area contributed by atoms with Gasteiger partial charge in [0.05, 0.1) is 25.1 Å². The summed E-state index contributed by atoms with van der Waals surface area (Å²) in [6, 6.07) is 10.9. The van der Waals surface area contributed by atoms with Gasteiger partial charge in [-0.05, 0) is 25.1 Å². The number of anilines is 1. The van der Waals surface area contributed by atoms with Gasteiger partial charge in [0.25, 0.3) is 11.8 Å². The molecule has 1 saturated heterocycles. The summed E-state index contributed by atoms with van der Waals surface area (Å²) in [5.41, 5.74) is 0.925. The number of hydrogen-bond donors (Lipinski definition) is 1. The van der Waals surface area contributed by atoms with Gasteiger partial charge in [-0.3, -0.25) is 14.3 Å². The van der Waals surface area contributed by atoms with Crippen molar-refractivity contribution in [3.05, 3.63) is 60.2 Å². The SMILES string of the molecule is CCn1ncc(NC(=O)c2ccn(COc3ccccc3)n2)c1C(=O)N1CCOCC1. The Balaban J connectivity index is 1.44. The van der Waals surface area contributed by atoms with Crippen molar-refractivity contribution in [1.82, 2.24) is 24.5 Å². The van der Waals surface area contributed by atoms with Crippen molar-refractivity contribution >= 4 is 17.5 Å². The predicted octanol–water partition coefficient (Wildman–Crippen LogP) is 1.86. The molecule has 4 rings (SSSR count). The summed E-state index contributed by atoms with van der Waals surface area (Å²) in [7, 11) is 0. The lowest BCUT2D eigenvalue weighted by atomic mass is 10.2. The number of nitrogens with one attached hydrogen (secondary N) is 1. The molecule has 1 aromatic carbocycles. The lowest BCUT2D eigenvalue weighted by molar-refractivity contribution is 0.0295. The van der Waals surface area contributed by atoms with Crippen LogP contribution in [0.3, 0.4) is 0 Å². The highest BCUT2D eigenvalue weighted by molar-refractivity contribution is 6.07. The van der Waals surface area contributed by atoms with Crippen LogP contribution in [-0.2, 0) is 18.0 Å². The maximum atomic E-state index is 13.0. The molecule has 31 heavy (non-hydrogen) atoms. The van der Waals surface area contributed by atoms with Gasteiger partial charge in [-0.25, -0.2) is 4.68 Å². The Bertz CT molecular complexity index is 1040. The Morgan fingerprint density at radius 3 is 2.68 bits per heavy atom. The molecule has 0 bridgehead atoms. The largest absolute Gasteiger partial charge is 0.471 e. The minimum atomic E-state index is -0.426. The van der Waals surface area contributed by atoms with Gasteiger partial charge in [-0.1, -0.05) is 18.2 Å². The van der Waals surface area contributed by atoms with Crippen molar-refractivity contribution in [3.63, 3.8) is 0 Å². The summed E-state index contributed by atoms with van der Waals surface area (Å²) in [6.45, 7) is 4.58. The smallest absolute Gasteiger partial charge is 0.276 e. The first kappa shape index (κ1) is 20.6. The summed E-state index contributed by atoms with van der Waals surface area (Å²) in [6.07, 6.45) is 3.15. The van der Waals surface area contributed by atoms with Crippen LogP contribution in [0.2, 0.25) is 0 Å². The average molecular weight is 424 g/mol. The molecule has 1 aliphatic rings. The molecule has 2 amide bonds. The third-order valence-corrected chi connectivity index (χ3v) is 4.87. The zero-order chi connectivity index (χ0) is 21.6. The lowest BCUT2D eigenvalue weighted by Gasteiger charge is -2.27. The Morgan fingerprint density at radius 2 is 1.94 bits per heavy atom. The molecule has 3 aromatic rings. The Hall–Kier alpha value is -3.66. The standard InChI is InChI=1S/C21H24N6O4/c1-2-27-19(21(29)25-10-12-30-13-11-25)18(14-22-27)23-20(28)17-8-9-26(24-17)15-31-16-6-4-3-5-7-16/h3-9,14H,2,10-13,15H2,1H3,(H,23,28). The van der Waals surface area contributed by atoms with Crippen LogP contribution in [-0.4, -0.2) is 62.6 Å². The number of rotatable bonds is 7. The molecular formula is C21H24N6O4. The zero-order valence-corrected chi connectivity index (χ0v) is 17.2. The number of aromatic nitrogens is 4. The van der Waals surface area contributed by atoms with E-state index < -0.39 is 5.91 Å². The van der Waals surface area contributed by atoms with Crippen LogP contribution in [0.5, 0.6) is 5.75 Å². The van der Waals surface area contributed by atoms with Gasteiger partial charge in [0.1, 0.15) is 11.4 Å². The van der Waals surface area contributed by atoms with E-state index in [2.05, 4.69) is 15.5 Å². The van der Waals surface area contributed by atoms with E-state index in [1.165, 1.54) is 10.9 Å². The molecule has 1 aliphatic heterocycles. The molecule has 3 heterocycles. The second-order valence-corrected chi connectivity index (χ2v) is 6.91. The average Bonchev–Trinajstić information content (AvgIpc) is 3.45. The van der Waals surface area contributed by atoms with E-state index in [0.717, 1.165) is 0 Å². The zero-order valence-electron chi connectivity index (χ0n) is 17.2. The van der Waals surface area contributed by atoms with Gasteiger partial charge in [-0.2, -0.15) is 10.2 Å². The number of aryl methyl sites for hydroxylation is 1. The number of carbonyl (C=O) groups excluding carboxylic acids is 2. The highest BCUT2D eigenvalue weighted by Gasteiger charge is 2.26. The lowest BCUT2D eigenvalue weighted by Crippen LogP contribution is -2.41. The minimum Gasteiger partial charge on any atom is -0.471 e. The van der Waals surface area contributed by atoms with Gasteiger partial charge < -0.3 is 19.7 Å². The number of nitrogens with zero attached hydrogens (tertiary/aromatic N) is 5. The molecule has 10 nitrogen and oxygen atoms in total. The Morgan fingerprint density at radius 1 is 1.16 bits per heavy atom. The van der Waals surface area contributed by atoms with E-state index in [9.17, 15) is 9.59 Å². The molecule has 0 aliphatic carbocycles. The fourth-order valence-corrected chi connectivity index (χ4v) is 3.26. The van der Waals surface area contributed by atoms with E-state index in [0.29, 0.717) is 50.0 Å². The van der Waals surface area contributed by atoms with Crippen LogP contribution in [0.1, 0.15) is 27.9 Å². The van der Waals surface area contributed by atoms with Crippen LogP contribution in [0, 0.1) is 0 Å². The molecule has 1 fully saturated rings. The first-order valence-electron chi connectivity index (χ1n) is 10.1. The van der Waals surface area contributed by atoms with Crippen LogP contribution in [0.4, 0.5) is 5.69 Å². The van der Waals surface area contributed by atoms with Crippen LogP contribution < -0.4 is 10.1 Å². The van der Waals surface area contributed by atoms with E-state index in [4.69, 9.17) is 9.47 Å². The number of hydrogen-bond acceptors (Lipinski definition) is 6. The normalized spacial score (nSPS) is 13.8. The van der Waals surface area contributed by atoms with Gasteiger partial charge in [-0.15, -0.1) is 0 Å².